The second-order valence-corrected chi connectivity index (χ2v) is 9.68. The zero-order chi connectivity index (χ0) is 23.9. The van der Waals surface area contributed by atoms with Crippen LogP contribution in [0.3, 0.4) is 0 Å². The Kier molecular flexibility index (Phi) is 5.54. The minimum absolute atomic E-state index is 0.0126. The molecule has 2 aliphatic rings. The van der Waals surface area contributed by atoms with Crippen molar-refractivity contribution in [2.24, 2.45) is 0 Å². The van der Waals surface area contributed by atoms with Crippen LogP contribution in [-0.2, 0) is 26.0 Å². The number of sulfone groups is 1. The fraction of sp³-hybridized carbons (Fsp3) is 0.238. The van der Waals surface area contributed by atoms with Crippen LogP contribution in [0.4, 0.5) is 0 Å². The molecule has 1 fully saturated rings. The molecule has 2 N–H and O–H groups in total. The number of imide groups is 2. The molecule has 1 atom stereocenters. The molecule has 2 aliphatic heterocycles. The van der Waals surface area contributed by atoms with E-state index in [0.29, 0.717) is 5.56 Å². The third-order valence-electron chi connectivity index (χ3n) is 5.35. The van der Waals surface area contributed by atoms with Gasteiger partial charge in [-0.3, -0.25) is 34.2 Å². The highest BCUT2D eigenvalue weighted by Gasteiger charge is 2.44. The Labute approximate surface area is 188 Å². The quantitative estimate of drug-likeness (QED) is 0.569. The van der Waals surface area contributed by atoms with E-state index in [9.17, 15) is 32.4 Å². The van der Waals surface area contributed by atoms with E-state index >= 15 is 0 Å². The van der Waals surface area contributed by atoms with Crippen LogP contribution < -0.4 is 10.6 Å². The summed E-state index contributed by atoms with van der Waals surface area (Å²) in [6.07, 6.45) is 2.21. The first kappa shape index (κ1) is 22.3. The van der Waals surface area contributed by atoms with E-state index in [1.807, 2.05) is 0 Å². The molecule has 3 heterocycles. The number of piperidine rings is 1. The van der Waals surface area contributed by atoms with Crippen molar-refractivity contribution in [2.75, 3.05) is 6.26 Å². The van der Waals surface area contributed by atoms with Crippen molar-refractivity contribution in [1.29, 1.82) is 0 Å². The van der Waals surface area contributed by atoms with Gasteiger partial charge in [-0.25, -0.2) is 13.4 Å². The molecule has 33 heavy (non-hydrogen) atoms. The molecule has 4 rings (SSSR count). The molecule has 5 amide bonds. The number of fused-ring (bicyclic) bond motifs is 1. The number of nitrogens with zero attached hydrogens (tertiary/aromatic N) is 2. The van der Waals surface area contributed by atoms with Gasteiger partial charge in [-0.05, 0) is 36.2 Å². The highest BCUT2D eigenvalue weighted by Crippen LogP contribution is 2.28. The monoisotopic (exact) mass is 470 g/mol. The van der Waals surface area contributed by atoms with Crippen LogP contribution in [0, 0.1) is 0 Å². The van der Waals surface area contributed by atoms with Gasteiger partial charge >= 0.3 is 0 Å². The van der Waals surface area contributed by atoms with Crippen molar-refractivity contribution in [3.8, 4) is 0 Å². The van der Waals surface area contributed by atoms with Gasteiger partial charge in [-0.2, -0.15) is 0 Å². The largest absolute Gasteiger partial charge is 0.347 e. The first-order valence-electron chi connectivity index (χ1n) is 9.85. The normalized spacial score (nSPS) is 18.2. The van der Waals surface area contributed by atoms with Gasteiger partial charge in [0.25, 0.3) is 17.7 Å². The Morgan fingerprint density at radius 3 is 2.48 bits per heavy atom. The maximum absolute atomic E-state index is 12.9. The van der Waals surface area contributed by atoms with Crippen LogP contribution in [-0.4, -0.2) is 60.1 Å². The lowest BCUT2D eigenvalue weighted by molar-refractivity contribution is -0.136. The molecule has 170 valence electrons. The fourth-order valence-electron chi connectivity index (χ4n) is 3.63. The van der Waals surface area contributed by atoms with E-state index in [1.54, 1.807) is 6.07 Å². The summed E-state index contributed by atoms with van der Waals surface area (Å²) in [5, 5.41) is 4.75. The van der Waals surface area contributed by atoms with Gasteiger partial charge in [-0.1, -0.05) is 6.07 Å². The molecular formula is C21H18N4O7S. The summed E-state index contributed by atoms with van der Waals surface area (Å²) in [7, 11) is -3.43. The SMILES string of the molecule is CS(=O)(=O)c1ccc(C(=O)NCc2ccc3c(c2)C(=O)N(C2CCC(=O)NC2=O)C3=O)nc1. The zero-order valence-corrected chi connectivity index (χ0v) is 18.1. The van der Waals surface area contributed by atoms with Gasteiger partial charge in [0.15, 0.2) is 9.84 Å². The minimum Gasteiger partial charge on any atom is -0.347 e. The van der Waals surface area contributed by atoms with E-state index < -0.39 is 45.4 Å². The summed E-state index contributed by atoms with van der Waals surface area (Å²) in [5.41, 5.74) is 0.782. The number of carbonyl (C=O) groups excluding carboxylic acids is 5. The predicted octanol–water partition coefficient (Wildman–Crippen LogP) is -0.184. The van der Waals surface area contributed by atoms with E-state index in [-0.39, 0.29) is 41.1 Å². The van der Waals surface area contributed by atoms with Crippen LogP contribution in [0.1, 0.15) is 49.6 Å². The fourth-order valence-corrected chi connectivity index (χ4v) is 4.19. The third kappa shape index (κ3) is 4.24. The topological polar surface area (TPSA) is 160 Å². The molecule has 1 aromatic carbocycles. The van der Waals surface area contributed by atoms with Crippen LogP contribution in [0.15, 0.2) is 41.4 Å². The van der Waals surface area contributed by atoms with Crippen LogP contribution in [0.5, 0.6) is 0 Å². The number of nitrogens with one attached hydrogen (secondary N) is 2. The summed E-state index contributed by atoms with van der Waals surface area (Å²) in [6, 6.07) is 5.98. The Morgan fingerprint density at radius 2 is 1.85 bits per heavy atom. The number of benzene rings is 1. The average molecular weight is 470 g/mol. The number of aromatic nitrogens is 1. The zero-order valence-electron chi connectivity index (χ0n) is 17.3. The summed E-state index contributed by atoms with van der Waals surface area (Å²) in [5.74, 6) is -2.96. The van der Waals surface area contributed by atoms with Crippen molar-refractivity contribution in [3.63, 3.8) is 0 Å². The van der Waals surface area contributed by atoms with Crippen molar-refractivity contribution in [1.82, 2.24) is 20.5 Å². The Bertz CT molecular complexity index is 1320. The van der Waals surface area contributed by atoms with Crippen molar-refractivity contribution in [3.05, 3.63) is 58.9 Å². The molecule has 0 bridgehead atoms. The van der Waals surface area contributed by atoms with E-state index in [4.69, 9.17) is 0 Å². The first-order chi connectivity index (χ1) is 15.6. The molecule has 12 heteroatoms. The molecular weight excluding hydrogens is 452 g/mol. The predicted molar refractivity (Wildman–Crippen MR) is 112 cm³/mol. The van der Waals surface area contributed by atoms with E-state index in [0.717, 1.165) is 17.4 Å². The highest BCUT2D eigenvalue weighted by atomic mass is 32.2. The summed E-state index contributed by atoms with van der Waals surface area (Å²) in [4.78, 5) is 66.1. The van der Waals surface area contributed by atoms with E-state index in [1.165, 1.54) is 24.3 Å². The second-order valence-electron chi connectivity index (χ2n) is 7.66. The van der Waals surface area contributed by atoms with Crippen LogP contribution >= 0.6 is 0 Å². The van der Waals surface area contributed by atoms with Crippen molar-refractivity contribution < 1.29 is 32.4 Å². The lowest BCUT2D eigenvalue weighted by Gasteiger charge is -2.27. The number of carbonyl (C=O) groups is 5. The molecule has 0 spiro atoms. The minimum atomic E-state index is -3.43. The third-order valence-corrected chi connectivity index (χ3v) is 6.45. The average Bonchev–Trinajstić information content (AvgIpc) is 3.01. The number of hydrogen-bond donors (Lipinski definition) is 2. The Hall–Kier alpha value is -3.93. The van der Waals surface area contributed by atoms with Crippen molar-refractivity contribution in [2.45, 2.75) is 30.3 Å². The number of amides is 5. The highest BCUT2D eigenvalue weighted by molar-refractivity contribution is 7.90. The van der Waals surface area contributed by atoms with Crippen molar-refractivity contribution >= 4 is 39.4 Å². The van der Waals surface area contributed by atoms with E-state index in [2.05, 4.69) is 15.6 Å². The molecule has 0 radical (unpaired) electrons. The molecule has 0 saturated carbocycles. The smallest absolute Gasteiger partial charge is 0.270 e. The van der Waals surface area contributed by atoms with Gasteiger partial charge in [0.2, 0.25) is 11.8 Å². The number of pyridine rings is 1. The molecule has 0 aliphatic carbocycles. The Balaban J connectivity index is 1.46. The molecule has 11 nitrogen and oxygen atoms in total. The van der Waals surface area contributed by atoms with Gasteiger partial charge in [-0.15, -0.1) is 0 Å². The summed E-state index contributed by atoms with van der Waals surface area (Å²) in [6.45, 7) is 0.0154. The number of rotatable bonds is 5. The molecule has 1 unspecified atom stereocenters. The molecule has 1 aromatic heterocycles. The van der Waals surface area contributed by atoms with Crippen LogP contribution in [0.25, 0.3) is 0 Å². The van der Waals surface area contributed by atoms with Gasteiger partial charge in [0.1, 0.15) is 11.7 Å². The van der Waals surface area contributed by atoms with Gasteiger partial charge < -0.3 is 5.32 Å². The first-order valence-corrected chi connectivity index (χ1v) is 11.7. The van der Waals surface area contributed by atoms with Gasteiger partial charge in [0, 0.05) is 25.4 Å². The summed E-state index contributed by atoms with van der Waals surface area (Å²) >= 11 is 0. The van der Waals surface area contributed by atoms with Gasteiger partial charge in [0.05, 0.1) is 16.0 Å². The lowest BCUT2D eigenvalue weighted by atomic mass is 10.0. The Morgan fingerprint density at radius 1 is 1.12 bits per heavy atom. The maximum atomic E-state index is 12.9. The molecule has 1 saturated heterocycles. The molecule has 2 aromatic rings. The van der Waals surface area contributed by atoms with Crippen LogP contribution in [0.2, 0.25) is 0 Å². The standard InChI is InChI=1S/C21H18N4O7S/c1-33(31,32)12-3-5-15(22-10-12)18(27)23-9-11-2-4-13-14(8-11)21(30)25(20(13)29)16-6-7-17(26)24-19(16)28/h2-5,8,10,16H,6-7,9H2,1H3,(H,23,27)(H,24,26,28). The lowest BCUT2D eigenvalue weighted by Crippen LogP contribution is -2.54. The number of hydrogen-bond acceptors (Lipinski definition) is 8. The summed E-state index contributed by atoms with van der Waals surface area (Å²) < 4.78 is 23.0. The second kappa shape index (κ2) is 8.20. The maximum Gasteiger partial charge on any atom is 0.270 e.